The fourth-order valence-electron chi connectivity index (χ4n) is 3.32. The van der Waals surface area contributed by atoms with Crippen molar-refractivity contribution < 1.29 is 14.3 Å². The zero-order valence-electron chi connectivity index (χ0n) is 13.4. The van der Waals surface area contributed by atoms with Gasteiger partial charge in [-0.2, -0.15) is 0 Å². The molecule has 0 aliphatic carbocycles. The molecule has 0 bridgehead atoms. The highest BCUT2D eigenvalue weighted by atomic mass is 16.5. The summed E-state index contributed by atoms with van der Waals surface area (Å²) in [6.45, 7) is 5.53. The van der Waals surface area contributed by atoms with Crippen LogP contribution in [0.4, 0.5) is 0 Å². The molecule has 0 saturated carbocycles. The molecule has 7 nitrogen and oxygen atoms in total. The standard InChI is InChI=1S/C16H22N4O3/c1-13(21)20-8-9-23-12-16(11-20)2-6-19(7-3-16)15(22)14-10-17-4-5-18-14/h4-5,10H,2-3,6-9,11-12H2,1H3. The fourth-order valence-corrected chi connectivity index (χ4v) is 3.32. The largest absolute Gasteiger partial charge is 0.379 e. The van der Waals surface area contributed by atoms with E-state index in [9.17, 15) is 9.59 Å². The third-order valence-corrected chi connectivity index (χ3v) is 4.78. The van der Waals surface area contributed by atoms with Gasteiger partial charge < -0.3 is 14.5 Å². The first-order chi connectivity index (χ1) is 11.1. The minimum absolute atomic E-state index is 0.0404. The molecule has 0 atom stereocenters. The molecule has 0 radical (unpaired) electrons. The molecule has 1 aromatic rings. The predicted octanol–water partition coefficient (Wildman–Crippen LogP) is 0.578. The zero-order chi connectivity index (χ0) is 16.3. The third-order valence-electron chi connectivity index (χ3n) is 4.78. The molecule has 2 aliphatic heterocycles. The highest BCUT2D eigenvalue weighted by Gasteiger charge is 2.39. The highest BCUT2D eigenvalue weighted by molar-refractivity contribution is 5.92. The van der Waals surface area contributed by atoms with Crippen molar-refractivity contribution in [2.24, 2.45) is 5.41 Å². The fraction of sp³-hybridized carbons (Fsp3) is 0.625. The Kier molecular flexibility index (Phi) is 4.56. The number of carbonyl (C=O) groups excluding carboxylic acids is 2. The average Bonchev–Trinajstić information content (AvgIpc) is 2.79. The van der Waals surface area contributed by atoms with Crippen LogP contribution in [0.15, 0.2) is 18.6 Å². The van der Waals surface area contributed by atoms with Gasteiger partial charge in [0.1, 0.15) is 5.69 Å². The number of hydrogen-bond donors (Lipinski definition) is 0. The average molecular weight is 318 g/mol. The van der Waals surface area contributed by atoms with Gasteiger partial charge in [-0.15, -0.1) is 0 Å². The quantitative estimate of drug-likeness (QED) is 0.757. The Morgan fingerprint density at radius 2 is 1.96 bits per heavy atom. The van der Waals surface area contributed by atoms with Crippen LogP contribution in [0.25, 0.3) is 0 Å². The van der Waals surface area contributed by atoms with Crippen molar-refractivity contribution in [2.75, 3.05) is 39.4 Å². The lowest BCUT2D eigenvalue weighted by Crippen LogP contribution is -2.49. The van der Waals surface area contributed by atoms with Gasteiger partial charge in [-0.1, -0.05) is 0 Å². The summed E-state index contributed by atoms with van der Waals surface area (Å²) >= 11 is 0. The summed E-state index contributed by atoms with van der Waals surface area (Å²) in [7, 11) is 0. The molecule has 0 unspecified atom stereocenters. The van der Waals surface area contributed by atoms with Crippen LogP contribution in [-0.4, -0.2) is 71.0 Å². The van der Waals surface area contributed by atoms with Crippen LogP contribution in [0.2, 0.25) is 0 Å². The first-order valence-electron chi connectivity index (χ1n) is 7.98. The first kappa shape index (κ1) is 15.9. The van der Waals surface area contributed by atoms with Crippen molar-refractivity contribution in [3.05, 3.63) is 24.3 Å². The van der Waals surface area contributed by atoms with Crippen LogP contribution in [0.3, 0.4) is 0 Å². The van der Waals surface area contributed by atoms with E-state index in [-0.39, 0.29) is 17.2 Å². The molecule has 2 saturated heterocycles. The molecular formula is C16H22N4O3. The minimum Gasteiger partial charge on any atom is -0.379 e. The Balaban J connectivity index is 1.65. The van der Waals surface area contributed by atoms with Crippen molar-refractivity contribution in [1.29, 1.82) is 0 Å². The molecule has 0 aromatic carbocycles. The van der Waals surface area contributed by atoms with Crippen LogP contribution >= 0.6 is 0 Å². The van der Waals surface area contributed by atoms with Gasteiger partial charge >= 0.3 is 0 Å². The Hall–Kier alpha value is -2.02. The van der Waals surface area contributed by atoms with Crippen molar-refractivity contribution in [3.8, 4) is 0 Å². The molecule has 7 heteroatoms. The van der Waals surface area contributed by atoms with E-state index in [0.717, 1.165) is 19.4 Å². The van der Waals surface area contributed by atoms with Crippen LogP contribution in [0.5, 0.6) is 0 Å². The van der Waals surface area contributed by atoms with Gasteiger partial charge in [0.15, 0.2) is 0 Å². The zero-order valence-corrected chi connectivity index (χ0v) is 13.4. The van der Waals surface area contributed by atoms with Crippen molar-refractivity contribution >= 4 is 11.8 Å². The number of amides is 2. The molecule has 124 valence electrons. The smallest absolute Gasteiger partial charge is 0.274 e. The lowest BCUT2D eigenvalue weighted by Gasteiger charge is -2.42. The Labute approximate surface area is 135 Å². The number of aromatic nitrogens is 2. The maximum absolute atomic E-state index is 12.4. The van der Waals surface area contributed by atoms with E-state index in [2.05, 4.69) is 9.97 Å². The van der Waals surface area contributed by atoms with E-state index in [4.69, 9.17) is 4.74 Å². The summed E-state index contributed by atoms with van der Waals surface area (Å²) < 4.78 is 5.73. The molecule has 1 aromatic heterocycles. The maximum atomic E-state index is 12.4. The first-order valence-corrected chi connectivity index (χ1v) is 7.98. The van der Waals surface area contributed by atoms with E-state index >= 15 is 0 Å². The number of ether oxygens (including phenoxy) is 1. The second-order valence-corrected chi connectivity index (χ2v) is 6.38. The van der Waals surface area contributed by atoms with Gasteiger partial charge in [0.05, 0.1) is 19.4 Å². The molecule has 3 rings (SSSR count). The summed E-state index contributed by atoms with van der Waals surface area (Å²) in [6, 6.07) is 0. The van der Waals surface area contributed by atoms with Crippen molar-refractivity contribution in [1.82, 2.24) is 19.8 Å². The van der Waals surface area contributed by atoms with E-state index in [0.29, 0.717) is 38.5 Å². The summed E-state index contributed by atoms with van der Waals surface area (Å²) in [5, 5.41) is 0. The van der Waals surface area contributed by atoms with Crippen LogP contribution in [0, 0.1) is 5.41 Å². The number of nitrogens with zero attached hydrogens (tertiary/aromatic N) is 4. The molecule has 1 spiro atoms. The summed E-state index contributed by atoms with van der Waals surface area (Å²) in [6.07, 6.45) is 6.26. The number of hydrogen-bond acceptors (Lipinski definition) is 5. The Morgan fingerprint density at radius 1 is 1.17 bits per heavy atom. The van der Waals surface area contributed by atoms with Crippen LogP contribution in [-0.2, 0) is 9.53 Å². The van der Waals surface area contributed by atoms with E-state index in [1.807, 2.05) is 9.80 Å². The third kappa shape index (κ3) is 3.50. The lowest BCUT2D eigenvalue weighted by atomic mass is 9.78. The van der Waals surface area contributed by atoms with Gasteiger partial charge in [0.25, 0.3) is 5.91 Å². The molecular weight excluding hydrogens is 296 g/mol. The minimum atomic E-state index is -0.0779. The van der Waals surface area contributed by atoms with E-state index in [1.165, 1.54) is 12.4 Å². The molecule has 2 fully saturated rings. The lowest BCUT2D eigenvalue weighted by molar-refractivity contribution is -0.130. The Bertz CT molecular complexity index is 570. The number of likely N-dealkylation sites (tertiary alicyclic amines) is 1. The number of piperidine rings is 1. The van der Waals surface area contributed by atoms with Gasteiger partial charge in [0.2, 0.25) is 5.91 Å². The summed E-state index contributed by atoms with van der Waals surface area (Å²) in [4.78, 5) is 35.9. The van der Waals surface area contributed by atoms with Crippen LogP contribution in [0.1, 0.15) is 30.3 Å². The second kappa shape index (κ2) is 6.62. The molecule has 23 heavy (non-hydrogen) atoms. The maximum Gasteiger partial charge on any atom is 0.274 e. The molecule has 0 N–H and O–H groups in total. The van der Waals surface area contributed by atoms with E-state index in [1.54, 1.807) is 13.1 Å². The van der Waals surface area contributed by atoms with Gasteiger partial charge in [-0.05, 0) is 12.8 Å². The van der Waals surface area contributed by atoms with Crippen LogP contribution < -0.4 is 0 Å². The van der Waals surface area contributed by atoms with Gasteiger partial charge in [-0.3, -0.25) is 14.6 Å². The monoisotopic (exact) mass is 318 g/mol. The van der Waals surface area contributed by atoms with E-state index < -0.39 is 0 Å². The van der Waals surface area contributed by atoms with Gasteiger partial charge in [-0.25, -0.2) is 4.98 Å². The summed E-state index contributed by atoms with van der Waals surface area (Å²) in [5.41, 5.74) is 0.340. The second-order valence-electron chi connectivity index (χ2n) is 6.38. The van der Waals surface area contributed by atoms with Crippen molar-refractivity contribution in [3.63, 3.8) is 0 Å². The SMILES string of the molecule is CC(=O)N1CCOCC2(CCN(C(=O)c3cnccn3)CC2)C1. The predicted molar refractivity (Wildman–Crippen MR) is 82.7 cm³/mol. The highest BCUT2D eigenvalue weighted by Crippen LogP contribution is 2.34. The molecule has 2 aliphatic rings. The molecule has 3 heterocycles. The number of carbonyl (C=O) groups is 2. The number of rotatable bonds is 1. The normalized spacial score (nSPS) is 21.1. The summed E-state index contributed by atoms with van der Waals surface area (Å²) in [5.74, 6) is 0.0128. The topological polar surface area (TPSA) is 75.6 Å². The van der Waals surface area contributed by atoms with Gasteiger partial charge in [0, 0.05) is 50.9 Å². The van der Waals surface area contributed by atoms with Crippen molar-refractivity contribution in [2.45, 2.75) is 19.8 Å². The molecule has 2 amide bonds. The Morgan fingerprint density at radius 3 is 2.61 bits per heavy atom.